The molecule has 1 aliphatic heterocycles. The van der Waals surface area contributed by atoms with Crippen LogP contribution < -0.4 is 0 Å². The molecule has 0 N–H and O–H groups in total. The second-order valence-electron chi connectivity index (χ2n) is 5.20. The molecule has 1 aliphatic rings. The monoisotopic (exact) mass is 281 g/mol. The lowest BCUT2D eigenvalue weighted by Gasteiger charge is -2.38. The summed E-state index contributed by atoms with van der Waals surface area (Å²) >= 11 is 1.54. The van der Waals surface area contributed by atoms with Gasteiger partial charge >= 0.3 is 0 Å². The Hall–Kier alpha value is -0.710. The fourth-order valence-corrected chi connectivity index (χ4v) is 3.26. The Morgan fingerprint density at radius 2 is 2.42 bits per heavy atom. The number of morpholine rings is 1. The van der Waals surface area contributed by atoms with Gasteiger partial charge in [-0.3, -0.25) is 9.69 Å². The average Bonchev–Trinajstić information content (AvgIpc) is 2.93. The molecule has 1 fully saturated rings. The van der Waals surface area contributed by atoms with Gasteiger partial charge in [-0.1, -0.05) is 13.0 Å². The second kappa shape index (κ2) is 7.17. The number of hydrogen-bond donors (Lipinski definition) is 0. The molecule has 0 amide bonds. The highest BCUT2D eigenvalue weighted by molar-refractivity contribution is 7.12. The van der Waals surface area contributed by atoms with E-state index in [9.17, 15) is 4.79 Å². The third-order valence-corrected chi connectivity index (χ3v) is 4.61. The van der Waals surface area contributed by atoms with Crippen molar-refractivity contribution in [2.75, 3.05) is 19.7 Å². The van der Waals surface area contributed by atoms with Crippen LogP contribution in [0.5, 0.6) is 0 Å². The number of Topliss-reactive ketones (excluding diaryl/α,β-unsaturated/α-hetero) is 1. The second-order valence-corrected chi connectivity index (χ2v) is 6.15. The van der Waals surface area contributed by atoms with Crippen molar-refractivity contribution in [3.63, 3.8) is 0 Å². The molecule has 2 atom stereocenters. The maximum atomic E-state index is 11.9. The largest absolute Gasteiger partial charge is 0.376 e. The van der Waals surface area contributed by atoms with Crippen LogP contribution in [0.25, 0.3) is 0 Å². The van der Waals surface area contributed by atoms with Gasteiger partial charge in [-0.25, -0.2) is 0 Å². The summed E-state index contributed by atoms with van der Waals surface area (Å²) in [5.41, 5.74) is 0. The Kier molecular flexibility index (Phi) is 5.55. The van der Waals surface area contributed by atoms with Gasteiger partial charge in [0.25, 0.3) is 0 Å². The van der Waals surface area contributed by atoms with Crippen LogP contribution in [0.15, 0.2) is 17.5 Å². The Bertz CT molecular complexity index is 391. The van der Waals surface area contributed by atoms with Crippen LogP contribution in [-0.2, 0) is 4.74 Å². The average molecular weight is 281 g/mol. The van der Waals surface area contributed by atoms with Gasteiger partial charge in [-0.05, 0) is 37.8 Å². The van der Waals surface area contributed by atoms with Gasteiger partial charge in [0.1, 0.15) is 0 Å². The van der Waals surface area contributed by atoms with Crippen LogP contribution in [0, 0.1) is 0 Å². The predicted molar refractivity (Wildman–Crippen MR) is 78.9 cm³/mol. The van der Waals surface area contributed by atoms with Gasteiger partial charge in [0.05, 0.1) is 17.6 Å². The van der Waals surface area contributed by atoms with Gasteiger partial charge < -0.3 is 4.74 Å². The topological polar surface area (TPSA) is 29.5 Å². The fourth-order valence-electron chi connectivity index (χ4n) is 2.57. The molecule has 0 spiro atoms. The molecule has 2 unspecified atom stereocenters. The number of nitrogens with zero attached hydrogens (tertiary/aromatic N) is 1. The number of carbonyl (C=O) groups is 1. The zero-order chi connectivity index (χ0) is 13.7. The Labute approximate surface area is 119 Å². The quantitative estimate of drug-likeness (QED) is 0.750. The summed E-state index contributed by atoms with van der Waals surface area (Å²) in [7, 11) is 0. The molecule has 19 heavy (non-hydrogen) atoms. The number of ketones is 1. The molecule has 2 heterocycles. The summed E-state index contributed by atoms with van der Waals surface area (Å²) in [4.78, 5) is 15.3. The van der Waals surface area contributed by atoms with Crippen molar-refractivity contribution in [3.8, 4) is 0 Å². The minimum absolute atomic E-state index is 0.282. The smallest absolute Gasteiger partial charge is 0.172 e. The molecule has 106 valence electrons. The SMILES string of the molecule is CCC1COC(C)CN1CCCC(=O)c1cccs1. The summed E-state index contributed by atoms with van der Waals surface area (Å²) in [5.74, 6) is 0.282. The number of ether oxygens (including phenoxy) is 1. The van der Waals surface area contributed by atoms with Crippen LogP contribution in [0.3, 0.4) is 0 Å². The summed E-state index contributed by atoms with van der Waals surface area (Å²) in [5, 5.41) is 1.96. The molecular weight excluding hydrogens is 258 g/mol. The first kappa shape index (κ1) is 14.7. The summed E-state index contributed by atoms with van der Waals surface area (Å²) < 4.78 is 5.69. The lowest BCUT2D eigenvalue weighted by molar-refractivity contribution is -0.0559. The van der Waals surface area contributed by atoms with Gasteiger partial charge in [-0.2, -0.15) is 0 Å². The molecule has 3 nitrogen and oxygen atoms in total. The number of carbonyl (C=O) groups excluding carboxylic acids is 1. The zero-order valence-corrected chi connectivity index (χ0v) is 12.6. The van der Waals surface area contributed by atoms with Crippen LogP contribution in [0.2, 0.25) is 0 Å². The number of hydrogen-bond acceptors (Lipinski definition) is 4. The van der Waals surface area contributed by atoms with E-state index in [0.717, 1.165) is 37.4 Å². The van der Waals surface area contributed by atoms with E-state index in [4.69, 9.17) is 4.74 Å². The minimum atomic E-state index is 0.282. The first-order valence-corrected chi connectivity index (χ1v) is 8.01. The summed E-state index contributed by atoms with van der Waals surface area (Å²) in [6, 6.07) is 4.38. The molecule has 0 aliphatic carbocycles. The molecule has 0 bridgehead atoms. The molecular formula is C15H23NO2S. The zero-order valence-electron chi connectivity index (χ0n) is 11.8. The van der Waals surface area contributed by atoms with Crippen molar-refractivity contribution in [2.45, 2.75) is 45.3 Å². The van der Waals surface area contributed by atoms with E-state index in [-0.39, 0.29) is 5.78 Å². The summed E-state index contributed by atoms with van der Waals surface area (Å²) in [6.45, 7) is 7.15. The van der Waals surface area contributed by atoms with Gasteiger partial charge in [0.2, 0.25) is 0 Å². The molecule has 0 saturated carbocycles. The minimum Gasteiger partial charge on any atom is -0.376 e. The third-order valence-electron chi connectivity index (χ3n) is 3.70. The van der Waals surface area contributed by atoms with Crippen molar-refractivity contribution in [2.24, 2.45) is 0 Å². The van der Waals surface area contributed by atoms with E-state index >= 15 is 0 Å². The van der Waals surface area contributed by atoms with E-state index in [2.05, 4.69) is 18.7 Å². The van der Waals surface area contributed by atoms with E-state index in [0.29, 0.717) is 18.6 Å². The Balaban J connectivity index is 1.76. The number of thiophene rings is 1. The molecule has 1 aromatic heterocycles. The molecule has 1 saturated heterocycles. The van der Waals surface area contributed by atoms with Crippen molar-refractivity contribution in [3.05, 3.63) is 22.4 Å². The Morgan fingerprint density at radius 3 is 3.11 bits per heavy atom. The fraction of sp³-hybridized carbons (Fsp3) is 0.667. The maximum absolute atomic E-state index is 11.9. The van der Waals surface area contributed by atoms with Crippen molar-refractivity contribution < 1.29 is 9.53 Å². The van der Waals surface area contributed by atoms with Crippen LogP contribution >= 0.6 is 11.3 Å². The van der Waals surface area contributed by atoms with Gasteiger partial charge in [0.15, 0.2) is 5.78 Å². The lowest BCUT2D eigenvalue weighted by Crippen LogP contribution is -2.48. The third kappa shape index (κ3) is 4.13. The molecule has 2 rings (SSSR count). The molecule has 4 heteroatoms. The van der Waals surface area contributed by atoms with Crippen molar-refractivity contribution in [1.29, 1.82) is 0 Å². The maximum Gasteiger partial charge on any atom is 0.172 e. The van der Waals surface area contributed by atoms with Crippen LogP contribution in [0.1, 0.15) is 42.8 Å². The normalized spacial score (nSPS) is 24.5. The Morgan fingerprint density at radius 1 is 1.58 bits per heavy atom. The molecule has 0 aromatic carbocycles. The highest BCUT2D eigenvalue weighted by Crippen LogP contribution is 2.17. The van der Waals surface area contributed by atoms with E-state index < -0.39 is 0 Å². The van der Waals surface area contributed by atoms with Gasteiger partial charge in [-0.15, -0.1) is 11.3 Å². The number of rotatable bonds is 6. The molecule has 0 radical (unpaired) electrons. The van der Waals surface area contributed by atoms with E-state index in [1.54, 1.807) is 0 Å². The highest BCUT2D eigenvalue weighted by atomic mass is 32.1. The van der Waals surface area contributed by atoms with E-state index in [1.807, 2.05) is 17.5 Å². The predicted octanol–water partition coefficient (Wildman–Crippen LogP) is 3.21. The molecule has 1 aromatic rings. The lowest BCUT2D eigenvalue weighted by atomic mass is 10.1. The van der Waals surface area contributed by atoms with Gasteiger partial charge in [0, 0.05) is 19.0 Å². The van der Waals surface area contributed by atoms with Crippen molar-refractivity contribution in [1.82, 2.24) is 4.90 Å². The van der Waals surface area contributed by atoms with Crippen LogP contribution in [-0.4, -0.2) is 42.5 Å². The summed E-state index contributed by atoms with van der Waals surface area (Å²) in [6.07, 6.45) is 3.03. The first-order chi connectivity index (χ1) is 9.20. The standard InChI is InChI=1S/C15H23NO2S/c1-3-13-11-18-12(2)10-16(13)8-4-6-14(17)15-7-5-9-19-15/h5,7,9,12-13H,3-4,6,8,10-11H2,1-2H3. The van der Waals surface area contributed by atoms with Crippen LogP contribution in [0.4, 0.5) is 0 Å². The first-order valence-electron chi connectivity index (χ1n) is 7.13. The highest BCUT2D eigenvalue weighted by Gasteiger charge is 2.25. The van der Waals surface area contributed by atoms with Crippen molar-refractivity contribution >= 4 is 17.1 Å². The van der Waals surface area contributed by atoms with E-state index in [1.165, 1.54) is 11.3 Å².